The van der Waals surface area contributed by atoms with Crippen molar-refractivity contribution >= 4 is 0 Å². The summed E-state index contributed by atoms with van der Waals surface area (Å²) in [6.45, 7) is 3.62. The van der Waals surface area contributed by atoms with Crippen LogP contribution in [0.2, 0.25) is 0 Å². The number of hydrogen-bond acceptors (Lipinski definition) is 2. The molecule has 3 aliphatic carbocycles. The molecular weight excluding hydrogens is 172 g/mol. The summed E-state index contributed by atoms with van der Waals surface area (Å²) in [5.41, 5.74) is 0. The molecule has 0 bridgehead atoms. The molecule has 14 heavy (non-hydrogen) atoms. The SMILES string of the molecule is C(CNC1CC1)NCC1CC2CC2C1. The molecule has 3 rings (SSSR count). The van der Waals surface area contributed by atoms with Crippen LogP contribution in [-0.4, -0.2) is 25.7 Å². The molecule has 2 unspecified atom stereocenters. The minimum absolute atomic E-state index is 0.871. The minimum atomic E-state index is 0.871. The molecule has 3 saturated carbocycles. The number of rotatable bonds is 6. The maximum atomic E-state index is 3.59. The van der Waals surface area contributed by atoms with Crippen molar-refractivity contribution in [2.45, 2.75) is 38.1 Å². The Morgan fingerprint density at radius 2 is 1.71 bits per heavy atom. The summed E-state index contributed by atoms with van der Waals surface area (Å²) in [7, 11) is 0. The third kappa shape index (κ3) is 2.29. The first kappa shape index (κ1) is 9.17. The van der Waals surface area contributed by atoms with Gasteiger partial charge in [-0.15, -0.1) is 0 Å². The van der Waals surface area contributed by atoms with Crippen molar-refractivity contribution in [3.05, 3.63) is 0 Å². The summed E-state index contributed by atoms with van der Waals surface area (Å²) in [6, 6.07) is 0.871. The molecule has 3 fully saturated rings. The van der Waals surface area contributed by atoms with Gasteiger partial charge in [0.2, 0.25) is 0 Å². The zero-order valence-electron chi connectivity index (χ0n) is 8.97. The third-order valence-electron chi connectivity index (χ3n) is 4.09. The summed E-state index contributed by atoms with van der Waals surface area (Å²) in [5, 5.41) is 7.13. The Kier molecular flexibility index (Phi) is 2.50. The first-order chi connectivity index (χ1) is 6.92. The Labute approximate surface area is 86.8 Å². The largest absolute Gasteiger partial charge is 0.315 e. The fourth-order valence-electron chi connectivity index (χ4n) is 2.97. The van der Waals surface area contributed by atoms with E-state index in [0.29, 0.717) is 0 Å². The van der Waals surface area contributed by atoms with Crippen LogP contribution in [0.1, 0.15) is 32.1 Å². The zero-order valence-corrected chi connectivity index (χ0v) is 8.97. The zero-order chi connectivity index (χ0) is 9.38. The van der Waals surface area contributed by atoms with Crippen molar-refractivity contribution in [3.63, 3.8) is 0 Å². The van der Waals surface area contributed by atoms with Crippen LogP contribution in [0.5, 0.6) is 0 Å². The standard InChI is InChI=1S/C12H22N2/c1-2-12(1)14-4-3-13-8-9-5-10-7-11(10)6-9/h9-14H,1-8H2. The lowest BCUT2D eigenvalue weighted by Gasteiger charge is -2.12. The van der Waals surface area contributed by atoms with Crippen molar-refractivity contribution in [2.24, 2.45) is 17.8 Å². The Balaban J connectivity index is 1.20. The summed E-state index contributed by atoms with van der Waals surface area (Å²) in [6.07, 6.45) is 7.42. The van der Waals surface area contributed by atoms with Crippen molar-refractivity contribution in [2.75, 3.05) is 19.6 Å². The highest BCUT2D eigenvalue weighted by molar-refractivity contribution is 4.96. The monoisotopic (exact) mass is 194 g/mol. The Hall–Kier alpha value is -0.0800. The van der Waals surface area contributed by atoms with E-state index in [1.54, 1.807) is 6.42 Å². The Bertz CT molecular complexity index is 190. The third-order valence-corrected chi connectivity index (χ3v) is 4.09. The van der Waals surface area contributed by atoms with Gasteiger partial charge in [0.05, 0.1) is 0 Å². The van der Waals surface area contributed by atoms with E-state index in [2.05, 4.69) is 10.6 Å². The van der Waals surface area contributed by atoms with E-state index >= 15 is 0 Å². The molecule has 0 spiro atoms. The molecule has 0 radical (unpaired) electrons. The smallest absolute Gasteiger partial charge is 0.00793 e. The van der Waals surface area contributed by atoms with Gasteiger partial charge >= 0.3 is 0 Å². The molecule has 0 aromatic heterocycles. The molecular formula is C12H22N2. The molecule has 0 aromatic carbocycles. The van der Waals surface area contributed by atoms with E-state index in [4.69, 9.17) is 0 Å². The van der Waals surface area contributed by atoms with Crippen LogP contribution in [0.3, 0.4) is 0 Å². The van der Waals surface area contributed by atoms with Gasteiger partial charge in [0.1, 0.15) is 0 Å². The summed E-state index contributed by atoms with van der Waals surface area (Å²) >= 11 is 0. The van der Waals surface area contributed by atoms with Gasteiger partial charge in [0.15, 0.2) is 0 Å². The topological polar surface area (TPSA) is 24.1 Å². The molecule has 0 aromatic rings. The van der Waals surface area contributed by atoms with Crippen molar-refractivity contribution in [1.29, 1.82) is 0 Å². The summed E-state index contributed by atoms with van der Waals surface area (Å²) in [5.74, 6) is 3.30. The van der Waals surface area contributed by atoms with Gasteiger partial charge in [0, 0.05) is 19.1 Å². The van der Waals surface area contributed by atoms with Gasteiger partial charge in [-0.1, -0.05) is 0 Å². The lowest BCUT2D eigenvalue weighted by molar-refractivity contribution is 0.444. The highest BCUT2D eigenvalue weighted by atomic mass is 15.0. The van der Waals surface area contributed by atoms with Crippen molar-refractivity contribution in [3.8, 4) is 0 Å². The maximum absolute atomic E-state index is 3.59. The number of hydrogen-bond donors (Lipinski definition) is 2. The molecule has 0 aliphatic heterocycles. The molecule has 80 valence electrons. The lowest BCUT2D eigenvalue weighted by atomic mass is 10.0. The molecule has 2 atom stereocenters. The maximum Gasteiger partial charge on any atom is 0.00793 e. The highest BCUT2D eigenvalue weighted by Crippen LogP contribution is 2.54. The van der Waals surface area contributed by atoms with Crippen LogP contribution < -0.4 is 10.6 Å². The van der Waals surface area contributed by atoms with E-state index in [0.717, 1.165) is 23.8 Å². The highest BCUT2D eigenvalue weighted by Gasteiger charge is 2.45. The number of nitrogens with one attached hydrogen (secondary N) is 2. The summed E-state index contributed by atoms with van der Waals surface area (Å²) in [4.78, 5) is 0. The van der Waals surface area contributed by atoms with Gasteiger partial charge < -0.3 is 10.6 Å². The first-order valence-corrected chi connectivity index (χ1v) is 6.36. The predicted molar refractivity (Wildman–Crippen MR) is 58.2 cm³/mol. The van der Waals surface area contributed by atoms with E-state index < -0.39 is 0 Å². The molecule has 3 aliphatic rings. The van der Waals surface area contributed by atoms with Crippen LogP contribution in [0.25, 0.3) is 0 Å². The Morgan fingerprint density at radius 3 is 2.43 bits per heavy atom. The normalized spacial score (nSPS) is 39.9. The second-order valence-electron chi connectivity index (χ2n) is 5.53. The first-order valence-electron chi connectivity index (χ1n) is 6.36. The van der Waals surface area contributed by atoms with Crippen LogP contribution in [-0.2, 0) is 0 Å². The van der Waals surface area contributed by atoms with Gasteiger partial charge in [-0.05, 0) is 56.4 Å². The fraction of sp³-hybridized carbons (Fsp3) is 1.00. The lowest BCUT2D eigenvalue weighted by Crippen LogP contribution is -2.31. The molecule has 0 saturated heterocycles. The van der Waals surface area contributed by atoms with Gasteiger partial charge in [-0.25, -0.2) is 0 Å². The van der Waals surface area contributed by atoms with E-state index in [1.807, 2.05) is 0 Å². The molecule has 0 amide bonds. The summed E-state index contributed by atoms with van der Waals surface area (Å²) < 4.78 is 0. The van der Waals surface area contributed by atoms with Crippen molar-refractivity contribution < 1.29 is 0 Å². The quantitative estimate of drug-likeness (QED) is 0.624. The van der Waals surface area contributed by atoms with Crippen molar-refractivity contribution in [1.82, 2.24) is 10.6 Å². The van der Waals surface area contributed by atoms with Crippen LogP contribution in [0.15, 0.2) is 0 Å². The fourth-order valence-corrected chi connectivity index (χ4v) is 2.97. The molecule has 2 N–H and O–H groups in total. The second-order valence-corrected chi connectivity index (χ2v) is 5.53. The predicted octanol–water partition coefficient (Wildman–Crippen LogP) is 1.37. The van der Waals surface area contributed by atoms with Crippen LogP contribution in [0, 0.1) is 17.8 Å². The van der Waals surface area contributed by atoms with Crippen LogP contribution >= 0.6 is 0 Å². The average Bonchev–Trinajstić information content (AvgIpc) is 3.08. The van der Waals surface area contributed by atoms with E-state index in [9.17, 15) is 0 Å². The Morgan fingerprint density at radius 1 is 0.929 bits per heavy atom. The van der Waals surface area contributed by atoms with Gasteiger partial charge in [0.25, 0.3) is 0 Å². The second kappa shape index (κ2) is 3.82. The van der Waals surface area contributed by atoms with E-state index in [1.165, 1.54) is 45.3 Å². The molecule has 0 heterocycles. The minimum Gasteiger partial charge on any atom is -0.315 e. The van der Waals surface area contributed by atoms with Gasteiger partial charge in [-0.3, -0.25) is 0 Å². The average molecular weight is 194 g/mol. The van der Waals surface area contributed by atoms with E-state index in [-0.39, 0.29) is 0 Å². The van der Waals surface area contributed by atoms with Crippen LogP contribution in [0.4, 0.5) is 0 Å². The van der Waals surface area contributed by atoms with Gasteiger partial charge in [-0.2, -0.15) is 0 Å². The molecule has 2 heteroatoms. The number of fused-ring (bicyclic) bond motifs is 1. The molecule has 2 nitrogen and oxygen atoms in total.